The number of halogens is 1. The predicted octanol–water partition coefficient (Wildman–Crippen LogP) is 0.805. The maximum absolute atomic E-state index is 5.33. The molecule has 0 aromatic carbocycles. The van der Waals surface area contributed by atoms with Gasteiger partial charge in [0.2, 0.25) is 0 Å². The molecule has 0 radical (unpaired) electrons. The van der Waals surface area contributed by atoms with E-state index in [1.165, 1.54) is 0 Å². The van der Waals surface area contributed by atoms with Crippen molar-refractivity contribution in [3.8, 4) is 0 Å². The molecular formula is C6H14ClNO. The van der Waals surface area contributed by atoms with Gasteiger partial charge in [0.25, 0.3) is 0 Å². The molecule has 1 aliphatic heterocycles. The Bertz CT molecular complexity index is 69.5. The number of rotatable bonds is 0. The highest BCUT2D eigenvalue weighted by atomic mass is 35.5. The molecule has 0 bridgehead atoms. The van der Waals surface area contributed by atoms with Crippen molar-refractivity contribution in [1.29, 1.82) is 0 Å². The summed E-state index contributed by atoms with van der Waals surface area (Å²) in [5.74, 6) is 0. The number of nitrogens with one attached hydrogen (secondary N) is 1. The van der Waals surface area contributed by atoms with Crippen LogP contribution >= 0.6 is 12.4 Å². The zero-order valence-corrected chi connectivity index (χ0v) is 6.70. The van der Waals surface area contributed by atoms with Crippen LogP contribution in [0.4, 0.5) is 0 Å². The summed E-state index contributed by atoms with van der Waals surface area (Å²) >= 11 is 0. The molecule has 9 heavy (non-hydrogen) atoms. The SMILES string of the molecule is C[C@H]1NCCO[C@@H]1C.Cl. The average Bonchev–Trinajstić information content (AvgIpc) is 1.77. The van der Waals surface area contributed by atoms with E-state index in [0.717, 1.165) is 13.2 Å². The van der Waals surface area contributed by atoms with Crippen LogP contribution in [0.25, 0.3) is 0 Å². The quantitative estimate of drug-likeness (QED) is 0.553. The smallest absolute Gasteiger partial charge is 0.0697 e. The second kappa shape index (κ2) is 4.09. The molecule has 1 rings (SSSR count). The first kappa shape index (κ1) is 9.21. The molecule has 0 amide bonds. The van der Waals surface area contributed by atoms with E-state index in [0.29, 0.717) is 12.1 Å². The van der Waals surface area contributed by atoms with Gasteiger partial charge < -0.3 is 10.1 Å². The van der Waals surface area contributed by atoms with Gasteiger partial charge in [0.1, 0.15) is 0 Å². The van der Waals surface area contributed by atoms with E-state index < -0.39 is 0 Å². The molecule has 1 fully saturated rings. The van der Waals surface area contributed by atoms with Gasteiger partial charge >= 0.3 is 0 Å². The van der Waals surface area contributed by atoms with Crippen molar-refractivity contribution >= 4 is 12.4 Å². The van der Waals surface area contributed by atoms with E-state index in [9.17, 15) is 0 Å². The Kier molecular flexibility index (Phi) is 4.19. The molecule has 0 aliphatic carbocycles. The summed E-state index contributed by atoms with van der Waals surface area (Å²) in [7, 11) is 0. The van der Waals surface area contributed by atoms with Crippen molar-refractivity contribution < 1.29 is 4.74 Å². The van der Waals surface area contributed by atoms with E-state index in [1.54, 1.807) is 0 Å². The number of hydrogen-bond donors (Lipinski definition) is 1. The van der Waals surface area contributed by atoms with E-state index in [4.69, 9.17) is 4.74 Å². The van der Waals surface area contributed by atoms with Crippen molar-refractivity contribution in [1.82, 2.24) is 5.32 Å². The van der Waals surface area contributed by atoms with Crippen LogP contribution in [0.15, 0.2) is 0 Å². The molecule has 1 aliphatic rings. The number of hydrogen-bond acceptors (Lipinski definition) is 2. The first-order valence-corrected chi connectivity index (χ1v) is 3.15. The Labute approximate surface area is 62.4 Å². The van der Waals surface area contributed by atoms with Crippen LogP contribution in [0.5, 0.6) is 0 Å². The normalized spacial score (nSPS) is 35.3. The molecule has 0 saturated carbocycles. The number of ether oxygens (including phenoxy) is 1. The van der Waals surface area contributed by atoms with Crippen LogP contribution in [0.1, 0.15) is 13.8 Å². The van der Waals surface area contributed by atoms with Gasteiger partial charge in [-0.3, -0.25) is 0 Å². The Hall–Kier alpha value is 0.210. The lowest BCUT2D eigenvalue weighted by Crippen LogP contribution is -2.44. The standard InChI is InChI=1S/C6H13NO.ClH/c1-5-6(2)8-4-3-7-5;/h5-7H,3-4H2,1-2H3;1H/t5-,6-;/m1./s1. The third-order valence-electron chi connectivity index (χ3n) is 1.65. The lowest BCUT2D eigenvalue weighted by Gasteiger charge is -2.26. The molecule has 56 valence electrons. The minimum Gasteiger partial charge on any atom is -0.376 e. The summed E-state index contributed by atoms with van der Waals surface area (Å²) in [6, 6.07) is 0.531. The number of morpholine rings is 1. The molecule has 1 N–H and O–H groups in total. The third-order valence-corrected chi connectivity index (χ3v) is 1.65. The van der Waals surface area contributed by atoms with Crippen molar-refractivity contribution in [2.45, 2.75) is 26.0 Å². The predicted molar refractivity (Wildman–Crippen MR) is 40.1 cm³/mol. The fraction of sp³-hybridized carbons (Fsp3) is 1.00. The summed E-state index contributed by atoms with van der Waals surface area (Å²) < 4.78 is 5.33. The largest absolute Gasteiger partial charge is 0.376 e. The summed E-state index contributed by atoms with van der Waals surface area (Å²) in [6.45, 7) is 6.11. The van der Waals surface area contributed by atoms with Crippen LogP contribution in [-0.4, -0.2) is 25.3 Å². The van der Waals surface area contributed by atoms with E-state index >= 15 is 0 Å². The lowest BCUT2D eigenvalue weighted by molar-refractivity contribution is 0.0135. The van der Waals surface area contributed by atoms with Crippen molar-refractivity contribution in [3.63, 3.8) is 0 Å². The van der Waals surface area contributed by atoms with E-state index in [-0.39, 0.29) is 12.4 Å². The topological polar surface area (TPSA) is 21.3 Å². The van der Waals surface area contributed by atoms with Gasteiger partial charge in [-0.2, -0.15) is 0 Å². The maximum atomic E-state index is 5.33. The molecule has 1 heterocycles. The van der Waals surface area contributed by atoms with Crippen LogP contribution in [-0.2, 0) is 4.74 Å². The highest BCUT2D eigenvalue weighted by molar-refractivity contribution is 5.85. The molecule has 3 heteroatoms. The summed E-state index contributed by atoms with van der Waals surface area (Å²) in [6.07, 6.45) is 0.392. The van der Waals surface area contributed by atoms with Crippen molar-refractivity contribution in [3.05, 3.63) is 0 Å². The fourth-order valence-electron chi connectivity index (χ4n) is 0.842. The van der Waals surface area contributed by atoms with E-state index in [1.807, 2.05) is 0 Å². The first-order valence-electron chi connectivity index (χ1n) is 3.15. The van der Waals surface area contributed by atoms with Crippen molar-refractivity contribution in [2.75, 3.05) is 13.2 Å². The molecular weight excluding hydrogens is 138 g/mol. The summed E-state index contributed by atoms with van der Waals surface area (Å²) in [4.78, 5) is 0. The highest BCUT2D eigenvalue weighted by Gasteiger charge is 2.15. The average molecular weight is 152 g/mol. The molecule has 0 spiro atoms. The molecule has 1 saturated heterocycles. The fourth-order valence-corrected chi connectivity index (χ4v) is 0.842. The van der Waals surface area contributed by atoms with Gasteiger partial charge in [0, 0.05) is 12.6 Å². The minimum absolute atomic E-state index is 0. The molecule has 0 aromatic heterocycles. The summed E-state index contributed by atoms with van der Waals surface area (Å²) in [5, 5.41) is 3.31. The Morgan fingerprint density at radius 3 is 2.44 bits per heavy atom. The van der Waals surface area contributed by atoms with Gasteiger partial charge in [0.15, 0.2) is 0 Å². The van der Waals surface area contributed by atoms with Crippen LogP contribution in [0.3, 0.4) is 0 Å². The Balaban J connectivity index is 0.000000640. The van der Waals surface area contributed by atoms with Gasteiger partial charge in [-0.1, -0.05) is 0 Å². The maximum Gasteiger partial charge on any atom is 0.0697 e. The first-order chi connectivity index (χ1) is 3.80. The van der Waals surface area contributed by atoms with Crippen LogP contribution < -0.4 is 5.32 Å². The molecule has 0 unspecified atom stereocenters. The van der Waals surface area contributed by atoms with E-state index in [2.05, 4.69) is 19.2 Å². The van der Waals surface area contributed by atoms with Crippen molar-refractivity contribution in [2.24, 2.45) is 0 Å². The van der Waals surface area contributed by atoms with Gasteiger partial charge in [-0.15, -0.1) is 12.4 Å². The van der Waals surface area contributed by atoms with Crippen LogP contribution in [0, 0.1) is 0 Å². The summed E-state index contributed by atoms with van der Waals surface area (Å²) in [5.41, 5.74) is 0. The Morgan fingerprint density at radius 1 is 1.44 bits per heavy atom. The monoisotopic (exact) mass is 151 g/mol. The Morgan fingerprint density at radius 2 is 2.11 bits per heavy atom. The lowest BCUT2D eigenvalue weighted by atomic mass is 10.2. The highest BCUT2D eigenvalue weighted by Crippen LogP contribution is 2.00. The van der Waals surface area contributed by atoms with Crippen LogP contribution in [0.2, 0.25) is 0 Å². The third kappa shape index (κ3) is 2.52. The molecule has 2 atom stereocenters. The second-order valence-electron chi connectivity index (χ2n) is 2.32. The van der Waals surface area contributed by atoms with Gasteiger partial charge in [-0.05, 0) is 13.8 Å². The molecule has 0 aromatic rings. The second-order valence-corrected chi connectivity index (χ2v) is 2.32. The zero-order valence-electron chi connectivity index (χ0n) is 5.89. The zero-order chi connectivity index (χ0) is 5.98. The van der Waals surface area contributed by atoms with Gasteiger partial charge in [-0.25, -0.2) is 0 Å². The molecule has 2 nitrogen and oxygen atoms in total. The minimum atomic E-state index is 0. The van der Waals surface area contributed by atoms with Gasteiger partial charge in [0.05, 0.1) is 12.7 Å².